The van der Waals surface area contributed by atoms with E-state index in [1.807, 2.05) is 14.0 Å². The van der Waals surface area contributed by atoms with Crippen LogP contribution in [0.25, 0.3) is 0 Å². The summed E-state index contributed by atoms with van der Waals surface area (Å²) in [5, 5.41) is 12.0. The molecule has 1 atom stereocenters. The van der Waals surface area contributed by atoms with Gasteiger partial charge in [0.05, 0.1) is 6.07 Å². The van der Waals surface area contributed by atoms with Gasteiger partial charge >= 0.3 is 0 Å². The molecule has 0 aromatic heterocycles. The van der Waals surface area contributed by atoms with Crippen molar-refractivity contribution in [3.05, 3.63) is 0 Å². The molecule has 0 heterocycles. The first-order valence-corrected chi connectivity index (χ1v) is 5.01. The molecule has 0 rings (SSSR count). The SMILES string of the molecule is CNC(C)(C#N)CN(C)CC(C)(C)C. The summed E-state index contributed by atoms with van der Waals surface area (Å²) in [5.74, 6) is 0. The zero-order valence-corrected chi connectivity index (χ0v) is 10.3. The van der Waals surface area contributed by atoms with E-state index in [9.17, 15) is 0 Å². The Bertz CT molecular complexity index is 212. The average molecular weight is 197 g/mol. The van der Waals surface area contributed by atoms with Gasteiger partial charge in [-0.1, -0.05) is 20.8 Å². The number of rotatable bonds is 4. The molecule has 0 aliphatic carbocycles. The average Bonchev–Trinajstić information content (AvgIpc) is 2.00. The molecule has 0 amide bonds. The van der Waals surface area contributed by atoms with Gasteiger partial charge in [-0.3, -0.25) is 0 Å². The maximum Gasteiger partial charge on any atom is 0.116 e. The number of hydrogen-bond donors (Lipinski definition) is 1. The Labute approximate surface area is 88.1 Å². The van der Waals surface area contributed by atoms with Crippen molar-refractivity contribution in [1.29, 1.82) is 5.26 Å². The Hall–Kier alpha value is -0.590. The van der Waals surface area contributed by atoms with Gasteiger partial charge in [0.15, 0.2) is 0 Å². The van der Waals surface area contributed by atoms with Gasteiger partial charge in [0.1, 0.15) is 5.54 Å². The van der Waals surface area contributed by atoms with Crippen LogP contribution in [0.1, 0.15) is 27.7 Å². The second-order valence-electron chi connectivity index (χ2n) is 5.43. The van der Waals surface area contributed by atoms with Crippen LogP contribution >= 0.6 is 0 Å². The molecule has 0 radical (unpaired) electrons. The molecule has 0 saturated carbocycles. The zero-order valence-electron chi connectivity index (χ0n) is 10.3. The second kappa shape index (κ2) is 4.77. The molecule has 3 heteroatoms. The Morgan fingerprint density at radius 2 is 1.71 bits per heavy atom. The molecule has 0 aromatic rings. The molecule has 0 aliphatic rings. The zero-order chi connectivity index (χ0) is 11.4. The van der Waals surface area contributed by atoms with Gasteiger partial charge in [0, 0.05) is 13.1 Å². The molecular formula is C11H23N3. The third-order valence-electron chi connectivity index (χ3n) is 2.13. The van der Waals surface area contributed by atoms with E-state index in [2.05, 4.69) is 44.1 Å². The highest BCUT2D eigenvalue weighted by Gasteiger charge is 2.25. The van der Waals surface area contributed by atoms with Crippen LogP contribution in [-0.4, -0.2) is 37.6 Å². The van der Waals surface area contributed by atoms with Gasteiger partial charge in [-0.25, -0.2) is 0 Å². The monoisotopic (exact) mass is 197 g/mol. The van der Waals surface area contributed by atoms with Gasteiger partial charge in [0.2, 0.25) is 0 Å². The van der Waals surface area contributed by atoms with Crippen LogP contribution in [-0.2, 0) is 0 Å². The summed E-state index contributed by atoms with van der Waals surface area (Å²) in [5.41, 5.74) is -0.168. The fraction of sp³-hybridized carbons (Fsp3) is 0.909. The second-order valence-corrected chi connectivity index (χ2v) is 5.43. The van der Waals surface area contributed by atoms with Crippen molar-refractivity contribution in [2.24, 2.45) is 5.41 Å². The number of nitrogens with zero attached hydrogens (tertiary/aromatic N) is 2. The van der Waals surface area contributed by atoms with Crippen LogP contribution in [0.4, 0.5) is 0 Å². The number of hydrogen-bond acceptors (Lipinski definition) is 3. The van der Waals surface area contributed by atoms with Crippen LogP contribution in [0, 0.1) is 16.7 Å². The van der Waals surface area contributed by atoms with Crippen LogP contribution < -0.4 is 5.32 Å². The first kappa shape index (κ1) is 13.4. The largest absolute Gasteiger partial charge is 0.303 e. The van der Waals surface area contributed by atoms with Crippen LogP contribution in [0.2, 0.25) is 0 Å². The van der Waals surface area contributed by atoms with E-state index in [0.717, 1.165) is 13.1 Å². The van der Waals surface area contributed by atoms with Crippen molar-refractivity contribution >= 4 is 0 Å². The predicted octanol–water partition coefficient (Wildman–Crippen LogP) is 1.47. The van der Waals surface area contributed by atoms with E-state index in [4.69, 9.17) is 5.26 Å². The summed E-state index contributed by atoms with van der Waals surface area (Å²) in [6, 6.07) is 2.29. The fourth-order valence-electron chi connectivity index (χ4n) is 1.58. The maximum absolute atomic E-state index is 8.99. The molecule has 0 bridgehead atoms. The normalized spacial score (nSPS) is 16.4. The van der Waals surface area contributed by atoms with Crippen molar-refractivity contribution in [2.75, 3.05) is 27.2 Å². The highest BCUT2D eigenvalue weighted by Crippen LogP contribution is 2.15. The molecule has 1 unspecified atom stereocenters. The molecular weight excluding hydrogens is 174 g/mol. The highest BCUT2D eigenvalue weighted by molar-refractivity contribution is 5.04. The van der Waals surface area contributed by atoms with Crippen molar-refractivity contribution < 1.29 is 0 Å². The molecule has 0 fully saturated rings. The molecule has 0 spiro atoms. The molecule has 1 N–H and O–H groups in total. The summed E-state index contributed by atoms with van der Waals surface area (Å²) in [6.45, 7) is 10.3. The molecule has 0 aromatic carbocycles. The summed E-state index contributed by atoms with van der Waals surface area (Å²) in [7, 11) is 3.88. The highest BCUT2D eigenvalue weighted by atomic mass is 15.1. The minimum Gasteiger partial charge on any atom is -0.303 e. The number of nitrogens with one attached hydrogen (secondary N) is 1. The lowest BCUT2D eigenvalue weighted by Gasteiger charge is -2.31. The van der Waals surface area contributed by atoms with Gasteiger partial charge in [-0.2, -0.15) is 5.26 Å². The van der Waals surface area contributed by atoms with Crippen molar-refractivity contribution in [1.82, 2.24) is 10.2 Å². The smallest absolute Gasteiger partial charge is 0.116 e. The van der Waals surface area contributed by atoms with E-state index < -0.39 is 5.54 Å². The van der Waals surface area contributed by atoms with Gasteiger partial charge in [0.25, 0.3) is 0 Å². The summed E-state index contributed by atoms with van der Waals surface area (Å²) in [6.07, 6.45) is 0. The Morgan fingerprint density at radius 1 is 1.21 bits per heavy atom. The molecule has 0 saturated heterocycles. The number of nitriles is 1. The Kier molecular flexibility index (Phi) is 4.57. The minimum atomic E-state index is -0.444. The van der Waals surface area contributed by atoms with Gasteiger partial charge in [-0.05, 0) is 26.4 Å². The Morgan fingerprint density at radius 3 is 2.00 bits per heavy atom. The standard InChI is InChI=1S/C11H23N3/c1-10(2,3)8-14(6)9-11(4,7-12)13-5/h13H,8-9H2,1-6H3. The summed E-state index contributed by atoms with van der Waals surface area (Å²) >= 11 is 0. The first-order valence-electron chi connectivity index (χ1n) is 5.01. The molecule has 82 valence electrons. The van der Waals surface area contributed by atoms with E-state index in [-0.39, 0.29) is 5.41 Å². The molecule has 0 aliphatic heterocycles. The maximum atomic E-state index is 8.99. The topological polar surface area (TPSA) is 39.1 Å². The van der Waals surface area contributed by atoms with E-state index in [0.29, 0.717) is 0 Å². The van der Waals surface area contributed by atoms with Crippen molar-refractivity contribution in [3.8, 4) is 6.07 Å². The van der Waals surface area contributed by atoms with Crippen LogP contribution in [0.15, 0.2) is 0 Å². The van der Waals surface area contributed by atoms with E-state index in [1.54, 1.807) is 0 Å². The third-order valence-corrected chi connectivity index (χ3v) is 2.13. The number of likely N-dealkylation sites (N-methyl/N-ethyl adjacent to an activating group) is 2. The van der Waals surface area contributed by atoms with Crippen LogP contribution in [0.5, 0.6) is 0 Å². The lowest BCUT2D eigenvalue weighted by Crippen LogP contribution is -2.49. The lowest BCUT2D eigenvalue weighted by atomic mass is 9.95. The van der Waals surface area contributed by atoms with E-state index >= 15 is 0 Å². The lowest BCUT2D eigenvalue weighted by molar-refractivity contribution is 0.196. The minimum absolute atomic E-state index is 0.277. The molecule has 14 heavy (non-hydrogen) atoms. The van der Waals surface area contributed by atoms with Gasteiger partial charge in [-0.15, -0.1) is 0 Å². The first-order chi connectivity index (χ1) is 6.22. The fourth-order valence-corrected chi connectivity index (χ4v) is 1.58. The third kappa shape index (κ3) is 5.21. The van der Waals surface area contributed by atoms with Crippen LogP contribution in [0.3, 0.4) is 0 Å². The predicted molar refractivity (Wildman–Crippen MR) is 60.0 cm³/mol. The summed E-state index contributed by atoms with van der Waals surface area (Å²) in [4.78, 5) is 2.19. The van der Waals surface area contributed by atoms with Crippen molar-refractivity contribution in [3.63, 3.8) is 0 Å². The molecule has 3 nitrogen and oxygen atoms in total. The van der Waals surface area contributed by atoms with Crippen molar-refractivity contribution in [2.45, 2.75) is 33.2 Å². The van der Waals surface area contributed by atoms with Gasteiger partial charge < -0.3 is 10.2 Å². The summed E-state index contributed by atoms with van der Waals surface area (Å²) < 4.78 is 0. The van der Waals surface area contributed by atoms with E-state index in [1.165, 1.54) is 0 Å². The Balaban J connectivity index is 4.19. The quantitative estimate of drug-likeness (QED) is 0.741.